The first kappa shape index (κ1) is 19.6. The lowest BCUT2D eigenvalue weighted by molar-refractivity contribution is -0.133. The predicted octanol–water partition coefficient (Wildman–Crippen LogP) is 4.68. The summed E-state index contributed by atoms with van der Waals surface area (Å²) in [7, 11) is 0. The molecule has 0 radical (unpaired) electrons. The van der Waals surface area contributed by atoms with E-state index < -0.39 is 0 Å². The number of benzene rings is 2. The molecule has 0 heterocycles. The second kappa shape index (κ2) is 9.09. The maximum absolute atomic E-state index is 12.4. The summed E-state index contributed by atoms with van der Waals surface area (Å²) in [6.45, 7) is 2.15. The number of nitrogens with zero attached hydrogens (tertiary/aromatic N) is 1. The fourth-order valence-corrected chi connectivity index (χ4v) is 2.85. The molecule has 4 nitrogen and oxygen atoms in total. The third-order valence-corrected chi connectivity index (χ3v) is 4.45. The van der Waals surface area contributed by atoms with Crippen LogP contribution in [0.3, 0.4) is 0 Å². The van der Waals surface area contributed by atoms with Gasteiger partial charge in [-0.25, -0.2) is 0 Å². The normalized spacial score (nSPS) is 10.4. The van der Waals surface area contributed by atoms with Crippen molar-refractivity contribution >= 4 is 52.3 Å². The summed E-state index contributed by atoms with van der Waals surface area (Å²) in [5.41, 5.74) is 1.18. The minimum absolute atomic E-state index is 0.0789. The first-order valence-corrected chi connectivity index (χ1v) is 8.80. The Morgan fingerprint density at radius 2 is 1.60 bits per heavy atom. The summed E-state index contributed by atoms with van der Waals surface area (Å²) in [5.74, 6) is -0.508. The van der Waals surface area contributed by atoms with Crippen molar-refractivity contribution in [1.82, 2.24) is 4.90 Å². The van der Waals surface area contributed by atoms with Crippen LogP contribution in [0, 0.1) is 0 Å². The van der Waals surface area contributed by atoms with E-state index in [1.807, 2.05) is 6.92 Å². The molecule has 0 aliphatic carbocycles. The molecule has 0 fully saturated rings. The molecule has 2 rings (SSSR count). The first-order chi connectivity index (χ1) is 11.9. The standard InChI is InChI=1S/C18H17Cl3N2O2/c1-2-23(17(25)10-12-6-8-13(19)9-7-12)11-16(24)22-18-14(20)4-3-5-15(18)21/h3-9H,2,10-11H2,1H3,(H,22,24). The van der Waals surface area contributed by atoms with Crippen molar-refractivity contribution in [3.63, 3.8) is 0 Å². The minimum atomic E-state index is -0.360. The van der Waals surface area contributed by atoms with E-state index in [0.29, 0.717) is 27.3 Å². The second-order valence-electron chi connectivity index (χ2n) is 5.36. The fraction of sp³-hybridized carbons (Fsp3) is 0.222. The number of anilines is 1. The lowest BCUT2D eigenvalue weighted by atomic mass is 10.1. The van der Waals surface area contributed by atoms with E-state index in [1.165, 1.54) is 4.90 Å². The van der Waals surface area contributed by atoms with Gasteiger partial charge in [-0.05, 0) is 36.8 Å². The molecule has 0 saturated carbocycles. The topological polar surface area (TPSA) is 49.4 Å². The summed E-state index contributed by atoms with van der Waals surface area (Å²) in [4.78, 5) is 26.1. The maximum atomic E-state index is 12.4. The van der Waals surface area contributed by atoms with E-state index in [0.717, 1.165) is 5.56 Å². The first-order valence-electron chi connectivity index (χ1n) is 7.66. The number of nitrogens with one attached hydrogen (secondary N) is 1. The van der Waals surface area contributed by atoms with Crippen LogP contribution in [0.5, 0.6) is 0 Å². The van der Waals surface area contributed by atoms with E-state index in [9.17, 15) is 9.59 Å². The van der Waals surface area contributed by atoms with Crippen molar-refractivity contribution in [3.05, 3.63) is 63.1 Å². The Kier molecular flexibility index (Phi) is 7.12. The molecule has 0 atom stereocenters. The molecule has 7 heteroatoms. The summed E-state index contributed by atoms with van der Waals surface area (Å²) < 4.78 is 0. The smallest absolute Gasteiger partial charge is 0.244 e. The molecule has 0 aliphatic heterocycles. The Bertz CT molecular complexity index is 743. The highest BCUT2D eigenvalue weighted by Gasteiger charge is 2.17. The number of hydrogen-bond acceptors (Lipinski definition) is 2. The maximum Gasteiger partial charge on any atom is 0.244 e. The van der Waals surface area contributed by atoms with Crippen molar-refractivity contribution in [2.75, 3.05) is 18.4 Å². The Balaban J connectivity index is 1.99. The van der Waals surface area contributed by atoms with Crippen LogP contribution in [-0.2, 0) is 16.0 Å². The van der Waals surface area contributed by atoms with Crippen LogP contribution in [0.1, 0.15) is 12.5 Å². The van der Waals surface area contributed by atoms with E-state index in [2.05, 4.69) is 5.32 Å². The van der Waals surface area contributed by atoms with Gasteiger partial charge in [0.1, 0.15) is 0 Å². The molecule has 2 aromatic rings. The van der Waals surface area contributed by atoms with Crippen LogP contribution in [0.2, 0.25) is 15.1 Å². The van der Waals surface area contributed by atoms with E-state index >= 15 is 0 Å². The number of carbonyl (C=O) groups is 2. The molecule has 2 aromatic carbocycles. The van der Waals surface area contributed by atoms with Crippen molar-refractivity contribution in [3.8, 4) is 0 Å². The Morgan fingerprint density at radius 1 is 1.00 bits per heavy atom. The molecular weight excluding hydrogens is 383 g/mol. The van der Waals surface area contributed by atoms with E-state index in [1.54, 1.807) is 42.5 Å². The molecule has 2 amide bonds. The van der Waals surface area contributed by atoms with Crippen LogP contribution in [0.4, 0.5) is 5.69 Å². The molecule has 25 heavy (non-hydrogen) atoms. The van der Waals surface area contributed by atoms with Gasteiger partial charge in [0, 0.05) is 11.6 Å². The second-order valence-corrected chi connectivity index (χ2v) is 6.61. The molecular formula is C18H17Cl3N2O2. The number of likely N-dealkylation sites (N-methyl/N-ethyl adjacent to an activating group) is 1. The van der Waals surface area contributed by atoms with Crippen molar-refractivity contribution in [2.45, 2.75) is 13.3 Å². The van der Waals surface area contributed by atoms with Crippen LogP contribution in [0.25, 0.3) is 0 Å². The van der Waals surface area contributed by atoms with E-state index in [4.69, 9.17) is 34.8 Å². The molecule has 0 spiro atoms. The van der Waals surface area contributed by atoms with Crippen LogP contribution in [0.15, 0.2) is 42.5 Å². The Hall–Kier alpha value is -1.75. The number of carbonyl (C=O) groups excluding carboxylic acids is 2. The van der Waals surface area contributed by atoms with Gasteiger partial charge in [-0.3, -0.25) is 9.59 Å². The summed E-state index contributed by atoms with van der Waals surface area (Å²) in [5, 5.41) is 3.95. The zero-order valence-corrected chi connectivity index (χ0v) is 15.8. The molecule has 0 saturated heterocycles. The highest BCUT2D eigenvalue weighted by Crippen LogP contribution is 2.29. The SMILES string of the molecule is CCN(CC(=O)Nc1c(Cl)cccc1Cl)C(=O)Cc1ccc(Cl)cc1. The third-order valence-electron chi connectivity index (χ3n) is 3.56. The van der Waals surface area contributed by atoms with Gasteiger partial charge in [0.25, 0.3) is 0 Å². The van der Waals surface area contributed by atoms with Gasteiger partial charge in [0.15, 0.2) is 0 Å². The third kappa shape index (κ3) is 5.63. The van der Waals surface area contributed by atoms with Gasteiger partial charge in [-0.2, -0.15) is 0 Å². The highest BCUT2D eigenvalue weighted by molar-refractivity contribution is 6.39. The van der Waals surface area contributed by atoms with Gasteiger partial charge in [0.2, 0.25) is 11.8 Å². The molecule has 0 aromatic heterocycles. The van der Waals surface area contributed by atoms with Gasteiger partial charge in [-0.15, -0.1) is 0 Å². The average Bonchev–Trinajstić information content (AvgIpc) is 2.58. The lowest BCUT2D eigenvalue weighted by Crippen LogP contribution is -2.38. The lowest BCUT2D eigenvalue weighted by Gasteiger charge is -2.21. The predicted molar refractivity (Wildman–Crippen MR) is 103 cm³/mol. The van der Waals surface area contributed by atoms with Crippen LogP contribution < -0.4 is 5.32 Å². The number of halogens is 3. The number of hydrogen-bond donors (Lipinski definition) is 1. The molecule has 0 aliphatic rings. The minimum Gasteiger partial charge on any atom is -0.333 e. The van der Waals surface area contributed by atoms with Crippen molar-refractivity contribution < 1.29 is 9.59 Å². The molecule has 0 bridgehead atoms. The van der Waals surface area contributed by atoms with Crippen molar-refractivity contribution in [2.24, 2.45) is 0 Å². The van der Waals surface area contributed by atoms with Gasteiger partial charge >= 0.3 is 0 Å². The average molecular weight is 400 g/mol. The largest absolute Gasteiger partial charge is 0.333 e. The van der Waals surface area contributed by atoms with Gasteiger partial charge in [0.05, 0.1) is 28.7 Å². The Morgan fingerprint density at radius 3 is 2.16 bits per heavy atom. The zero-order chi connectivity index (χ0) is 18.4. The molecule has 132 valence electrons. The summed E-state index contributed by atoms with van der Waals surface area (Å²) in [6.07, 6.45) is 0.200. The van der Waals surface area contributed by atoms with Crippen molar-refractivity contribution in [1.29, 1.82) is 0 Å². The number of para-hydroxylation sites is 1. The quantitative estimate of drug-likeness (QED) is 0.767. The van der Waals surface area contributed by atoms with Crippen LogP contribution in [-0.4, -0.2) is 29.8 Å². The zero-order valence-electron chi connectivity index (χ0n) is 13.6. The number of amides is 2. The van der Waals surface area contributed by atoms with Crippen LogP contribution >= 0.6 is 34.8 Å². The Labute approximate surface area is 161 Å². The highest BCUT2D eigenvalue weighted by atomic mass is 35.5. The molecule has 1 N–H and O–H groups in total. The fourth-order valence-electron chi connectivity index (χ4n) is 2.23. The molecule has 0 unspecified atom stereocenters. The van der Waals surface area contributed by atoms with E-state index in [-0.39, 0.29) is 24.8 Å². The van der Waals surface area contributed by atoms with Gasteiger partial charge < -0.3 is 10.2 Å². The monoisotopic (exact) mass is 398 g/mol. The number of rotatable bonds is 6. The van der Waals surface area contributed by atoms with Gasteiger partial charge in [-0.1, -0.05) is 53.0 Å². The summed E-state index contributed by atoms with van der Waals surface area (Å²) in [6, 6.07) is 12.0. The summed E-state index contributed by atoms with van der Waals surface area (Å²) >= 11 is 17.9.